The monoisotopic (exact) mass is 163 g/mol. The summed E-state index contributed by atoms with van der Waals surface area (Å²) >= 11 is 0. The molecule has 0 spiro atoms. The van der Waals surface area contributed by atoms with Crippen LogP contribution in [0.5, 0.6) is 5.75 Å². The molecule has 3 heteroatoms. The second-order valence-electron chi connectivity index (χ2n) is 2.51. The van der Waals surface area contributed by atoms with E-state index in [4.69, 9.17) is 0 Å². The van der Waals surface area contributed by atoms with Gasteiger partial charge < -0.3 is 5.11 Å². The van der Waals surface area contributed by atoms with Crippen LogP contribution < -0.4 is 0 Å². The van der Waals surface area contributed by atoms with Gasteiger partial charge in [-0.2, -0.15) is 4.39 Å². The lowest BCUT2D eigenvalue weighted by atomic mass is 10.1. The number of hydrogen-bond donors (Lipinski definition) is 1. The van der Waals surface area contributed by atoms with E-state index in [2.05, 4.69) is 4.98 Å². The van der Waals surface area contributed by atoms with Crippen molar-refractivity contribution in [3.8, 4) is 5.75 Å². The normalized spacial score (nSPS) is 10.4. The van der Waals surface area contributed by atoms with E-state index in [1.54, 1.807) is 12.1 Å². The van der Waals surface area contributed by atoms with Crippen molar-refractivity contribution in [1.82, 2.24) is 4.98 Å². The molecule has 0 fully saturated rings. The number of rotatable bonds is 0. The molecule has 2 aromatic rings. The molecule has 0 unspecified atom stereocenters. The van der Waals surface area contributed by atoms with Crippen molar-refractivity contribution in [1.29, 1.82) is 0 Å². The van der Waals surface area contributed by atoms with Gasteiger partial charge in [0.1, 0.15) is 5.75 Å². The quantitative estimate of drug-likeness (QED) is 0.603. The first kappa shape index (κ1) is 7.03. The zero-order valence-electron chi connectivity index (χ0n) is 6.16. The molecule has 0 atom stereocenters. The van der Waals surface area contributed by atoms with E-state index in [9.17, 15) is 9.50 Å². The molecule has 1 aromatic carbocycles. The maximum absolute atomic E-state index is 12.6. The molecule has 12 heavy (non-hydrogen) atoms. The molecule has 0 aliphatic carbocycles. The van der Waals surface area contributed by atoms with Crippen molar-refractivity contribution >= 4 is 10.8 Å². The Morgan fingerprint density at radius 2 is 2.17 bits per heavy atom. The van der Waals surface area contributed by atoms with Gasteiger partial charge in [-0.25, -0.2) is 4.98 Å². The number of hydrogen-bond acceptors (Lipinski definition) is 2. The van der Waals surface area contributed by atoms with E-state index in [0.717, 1.165) is 5.39 Å². The third kappa shape index (κ3) is 0.993. The molecule has 1 heterocycles. The van der Waals surface area contributed by atoms with E-state index in [1.807, 2.05) is 0 Å². The van der Waals surface area contributed by atoms with Crippen LogP contribution in [0.2, 0.25) is 0 Å². The van der Waals surface area contributed by atoms with E-state index < -0.39 is 5.95 Å². The summed E-state index contributed by atoms with van der Waals surface area (Å²) in [6.45, 7) is 0. The summed E-state index contributed by atoms with van der Waals surface area (Å²) in [5.74, 6) is -0.502. The molecule has 1 aromatic heterocycles. The minimum absolute atomic E-state index is 0.0776. The first-order valence-corrected chi connectivity index (χ1v) is 3.50. The number of halogens is 1. The highest BCUT2D eigenvalue weighted by Gasteiger charge is 2.00. The fourth-order valence-electron chi connectivity index (χ4n) is 1.13. The SMILES string of the molecule is Oc1cccc2cnc(F)cc12. The van der Waals surface area contributed by atoms with Gasteiger partial charge in [-0.1, -0.05) is 12.1 Å². The summed E-state index contributed by atoms with van der Waals surface area (Å²) in [4.78, 5) is 3.47. The molecule has 0 amide bonds. The molecule has 0 aliphatic heterocycles. The van der Waals surface area contributed by atoms with Crippen molar-refractivity contribution in [2.24, 2.45) is 0 Å². The highest BCUT2D eigenvalue weighted by atomic mass is 19.1. The van der Waals surface area contributed by atoms with Gasteiger partial charge in [0.15, 0.2) is 0 Å². The van der Waals surface area contributed by atoms with E-state index in [1.165, 1.54) is 18.3 Å². The number of fused-ring (bicyclic) bond motifs is 1. The number of benzene rings is 1. The lowest BCUT2D eigenvalue weighted by Crippen LogP contribution is -1.81. The highest BCUT2D eigenvalue weighted by Crippen LogP contribution is 2.23. The maximum atomic E-state index is 12.6. The standard InChI is InChI=1S/C9H6FNO/c10-9-4-7-6(5-11-9)2-1-3-8(7)12/h1-5,12H. The van der Waals surface area contributed by atoms with Gasteiger partial charge >= 0.3 is 0 Å². The molecule has 0 radical (unpaired) electrons. The molecule has 0 bridgehead atoms. The summed E-state index contributed by atoms with van der Waals surface area (Å²) in [6, 6.07) is 6.19. The number of aromatic hydroxyl groups is 1. The van der Waals surface area contributed by atoms with Crippen LogP contribution in [-0.4, -0.2) is 10.1 Å². The number of phenols is 1. The third-order valence-corrected chi connectivity index (χ3v) is 1.71. The van der Waals surface area contributed by atoms with Crippen LogP contribution in [-0.2, 0) is 0 Å². The van der Waals surface area contributed by atoms with Gasteiger partial charge in [-0.05, 0) is 6.07 Å². The van der Waals surface area contributed by atoms with Gasteiger partial charge in [0.25, 0.3) is 0 Å². The number of nitrogens with zero attached hydrogens (tertiary/aromatic N) is 1. The van der Waals surface area contributed by atoms with Crippen LogP contribution in [0, 0.1) is 5.95 Å². The minimum Gasteiger partial charge on any atom is -0.507 e. The van der Waals surface area contributed by atoms with Gasteiger partial charge in [-0.15, -0.1) is 0 Å². The lowest BCUT2D eigenvalue weighted by Gasteiger charge is -1.98. The molecule has 0 aliphatic rings. The largest absolute Gasteiger partial charge is 0.507 e. The maximum Gasteiger partial charge on any atom is 0.213 e. The van der Waals surface area contributed by atoms with Gasteiger partial charge in [0.05, 0.1) is 0 Å². The van der Waals surface area contributed by atoms with Crippen LogP contribution in [0.3, 0.4) is 0 Å². The van der Waals surface area contributed by atoms with E-state index in [-0.39, 0.29) is 5.75 Å². The molecular weight excluding hydrogens is 157 g/mol. The molecule has 0 saturated heterocycles. The Morgan fingerprint density at radius 3 is 3.00 bits per heavy atom. The van der Waals surface area contributed by atoms with Gasteiger partial charge in [0, 0.05) is 23.0 Å². The molecular formula is C9H6FNO. The number of phenolic OH excluding ortho intramolecular Hbond substituents is 1. The molecule has 60 valence electrons. The third-order valence-electron chi connectivity index (χ3n) is 1.71. The summed E-state index contributed by atoms with van der Waals surface area (Å²) in [5, 5.41) is 10.5. The first-order valence-electron chi connectivity index (χ1n) is 3.50. The van der Waals surface area contributed by atoms with Gasteiger partial charge in [0.2, 0.25) is 5.95 Å². The fourth-order valence-corrected chi connectivity index (χ4v) is 1.13. The van der Waals surface area contributed by atoms with Crippen LogP contribution in [0.15, 0.2) is 30.5 Å². The Hall–Kier alpha value is -1.64. The topological polar surface area (TPSA) is 33.1 Å². The van der Waals surface area contributed by atoms with Gasteiger partial charge in [-0.3, -0.25) is 0 Å². The molecule has 0 saturated carbocycles. The fraction of sp³-hybridized carbons (Fsp3) is 0. The van der Waals surface area contributed by atoms with Crippen molar-refractivity contribution in [2.45, 2.75) is 0 Å². The summed E-state index contributed by atoms with van der Waals surface area (Å²) in [5.41, 5.74) is 0. The van der Waals surface area contributed by atoms with Crippen molar-refractivity contribution in [3.05, 3.63) is 36.4 Å². The summed E-state index contributed by atoms with van der Waals surface area (Å²) in [7, 11) is 0. The molecule has 2 nitrogen and oxygen atoms in total. The van der Waals surface area contributed by atoms with Crippen LogP contribution in [0.4, 0.5) is 4.39 Å². The Labute approximate surface area is 68.3 Å². The zero-order valence-corrected chi connectivity index (χ0v) is 6.16. The highest BCUT2D eigenvalue weighted by molar-refractivity contribution is 5.87. The second kappa shape index (κ2) is 2.44. The van der Waals surface area contributed by atoms with Crippen molar-refractivity contribution in [3.63, 3.8) is 0 Å². The van der Waals surface area contributed by atoms with Crippen LogP contribution in [0.25, 0.3) is 10.8 Å². The predicted octanol–water partition coefficient (Wildman–Crippen LogP) is 2.08. The Kier molecular flexibility index (Phi) is 1.43. The first-order chi connectivity index (χ1) is 5.77. The van der Waals surface area contributed by atoms with Crippen LogP contribution >= 0.6 is 0 Å². The number of pyridine rings is 1. The molecule has 1 N–H and O–H groups in total. The smallest absolute Gasteiger partial charge is 0.213 e. The second-order valence-corrected chi connectivity index (χ2v) is 2.51. The zero-order chi connectivity index (χ0) is 8.55. The average molecular weight is 163 g/mol. The lowest BCUT2D eigenvalue weighted by molar-refractivity contribution is 0.481. The summed E-state index contributed by atoms with van der Waals surface area (Å²) in [6.07, 6.45) is 1.39. The van der Waals surface area contributed by atoms with Crippen molar-refractivity contribution in [2.75, 3.05) is 0 Å². The van der Waals surface area contributed by atoms with E-state index in [0.29, 0.717) is 5.39 Å². The van der Waals surface area contributed by atoms with Crippen LogP contribution in [0.1, 0.15) is 0 Å². The molecule has 2 rings (SSSR count). The van der Waals surface area contributed by atoms with E-state index >= 15 is 0 Å². The minimum atomic E-state index is -0.580. The predicted molar refractivity (Wildman–Crippen MR) is 43.4 cm³/mol. The summed E-state index contributed by atoms with van der Waals surface area (Å²) < 4.78 is 12.6. The Balaban J connectivity index is 2.88. The Bertz CT molecular complexity index is 428. The Morgan fingerprint density at radius 1 is 1.33 bits per heavy atom. The number of aromatic nitrogens is 1. The average Bonchev–Trinajstić information content (AvgIpc) is 2.07. The van der Waals surface area contributed by atoms with Crippen molar-refractivity contribution < 1.29 is 9.50 Å².